The molecule has 1 aromatic carbocycles. The molecule has 0 spiro atoms. The molecule has 2 rings (SSSR count). The standard InChI is InChI=1S/C17H26ClN3O2.2ClH/c1-12(19)15-5-3-4-10-21(15)17(22)8-9-20-14-11-13(18)6-7-16(14)23-2;;/h6-7,11-12,15,20H,3-5,8-10,19H2,1-2H3;2*1H. The molecule has 25 heavy (non-hydrogen) atoms. The lowest BCUT2D eigenvalue weighted by molar-refractivity contribution is -0.135. The molecule has 5 nitrogen and oxygen atoms in total. The second-order valence-electron chi connectivity index (χ2n) is 6.03. The number of rotatable bonds is 6. The van der Waals surface area contributed by atoms with Gasteiger partial charge in [-0.1, -0.05) is 11.6 Å². The summed E-state index contributed by atoms with van der Waals surface area (Å²) >= 11 is 6.01. The van der Waals surface area contributed by atoms with Crippen molar-refractivity contribution in [1.82, 2.24) is 4.90 Å². The molecule has 0 radical (unpaired) electrons. The largest absolute Gasteiger partial charge is 0.495 e. The third-order valence-electron chi connectivity index (χ3n) is 4.29. The van der Waals surface area contributed by atoms with Crippen molar-refractivity contribution in [3.05, 3.63) is 23.2 Å². The number of carbonyl (C=O) groups is 1. The summed E-state index contributed by atoms with van der Waals surface area (Å²) < 4.78 is 5.29. The van der Waals surface area contributed by atoms with Crippen LogP contribution in [0.1, 0.15) is 32.6 Å². The Morgan fingerprint density at radius 3 is 2.80 bits per heavy atom. The fourth-order valence-electron chi connectivity index (χ4n) is 3.08. The molecule has 1 aliphatic rings. The highest BCUT2D eigenvalue weighted by Gasteiger charge is 2.28. The van der Waals surface area contributed by atoms with Crippen molar-refractivity contribution in [3.63, 3.8) is 0 Å². The number of benzene rings is 1. The molecular formula is C17H28Cl3N3O2. The van der Waals surface area contributed by atoms with E-state index in [0.717, 1.165) is 31.5 Å². The summed E-state index contributed by atoms with van der Waals surface area (Å²) in [4.78, 5) is 14.4. The number of piperidine rings is 1. The molecule has 1 saturated heterocycles. The van der Waals surface area contributed by atoms with Gasteiger partial charge in [0.25, 0.3) is 0 Å². The highest BCUT2D eigenvalue weighted by atomic mass is 35.5. The minimum atomic E-state index is 0. The number of ether oxygens (including phenoxy) is 1. The summed E-state index contributed by atoms with van der Waals surface area (Å²) in [6.07, 6.45) is 3.64. The quantitative estimate of drug-likeness (QED) is 0.747. The summed E-state index contributed by atoms with van der Waals surface area (Å²) in [5.74, 6) is 0.869. The first-order valence-corrected chi connectivity index (χ1v) is 8.53. The van der Waals surface area contributed by atoms with Gasteiger partial charge in [0, 0.05) is 36.6 Å². The van der Waals surface area contributed by atoms with Gasteiger partial charge in [-0.25, -0.2) is 0 Å². The van der Waals surface area contributed by atoms with E-state index < -0.39 is 0 Å². The Morgan fingerprint density at radius 1 is 1.44 bits per heavy atom. The van der Waals surface area contributed by atoms with E-state index in [1.165, 1.54) is 0 Å². The molecule has 144 valence electrons. The smallest absolute Gasteiger partial charge is 0.224 e. The van der Waals surface area contributed by atoms with Crippen LogP contribution < -0.4 is 15.8 Å². The zero-order valence-corrected chi connectivity index (χ0v) is 17.1. The van der Waals surface area contributed by atoms with Crippen molar-refractivity contribution in [2.24, 2.45) is 5.73 Å². The van der Waals surface area contributed by atoms with Crippen molar-refractivity contribution in [1.29, 1.82) is 0 Å². The maximum atomic E-state index is 12.5. The van der Waals surface area contributed by atoms with Crippen LogP contribution >= 0.6 is 36.4 Å². The third-order valence-corrected chi connectivity index (χ3v) is 4.53. The zero-order chi connectivity index (χ0) is 16.8. The molecule has 1 amide bonds. The first-order chi connectivity index (χ1) is 11.0. The zero-order valence-electron chi connectivity index (χ0n) is 14.7. The summed E-state index contributed by atoms with van der Waals surface area (Å²) in [7, 11) is 1.61. The Labute approximate surface area is 167 Å². The molecule has 1 aliphatic heterocycles. The number of carbonyl (C=O) groups excluding carboxylic acids is 1. The lowest BCUT2D eigenvalue weighted by Crippen LogP contribution is -2.51. The predicted octanol–water partition coefficient (Wildman–Crippen LogP) is 3.72. The SMILES string of the molecule is COc1ccc(Cl)cc1NCCC(=O)N1CCCCC1C(C)N.Cl.Cl. The number of halogens is 3. The van der Waals surface area contributed by atoms with Crippen LogP contribution in [0, 0.1) is 0 Å². The van der Waals surface area contributed by atoms with E-state index in [1.54, 1.807) is 19.2 Å². The Bertz CT molecular complexity index is 544. The summed E-state index contributed by atoms with van der Waals surface area (Å²) in [5, 5.41) is 3.86. The van der Waals surface area contributed by atoms with Gasteiger partial charge >= 0.3 is 0 Å². The van der Waals surface area contributed by atoms with Crippen LogP contribution in [0.25, 0.3) is 0 Å². The molecule has 8 heteroatoms. The molecule has 3 N–H and O–H groups in total. The molecule has 1 heterocycles. The van der Waals surface area contributed by atoms with E-state index in [-0.39, 0.29) is 42.8 Å². The molecular weight excluding hydrogens is 385 g/mol. The van der Waals surface area contributed by atoms with Gasteiger partial charge in [-0.05, 0) is 44.4 Å². The molecule has 0 saturated carbocycles. The van der Waals surface area contributed by atoms with Gasteiger partial charge in [-0.2, -0.15) is 0 Å². The summed E-state index contributed by atoms with van der Waals surface area (Å²) in [6.45, 7) is 3.33. The van der Waals surface area contributed by atoms with Gasteiger partial charge in [0.05, 0.1) is 12.8 Å². The third kappa shape index (κ3) is 6.74. The molecule has 2 unspecified atom stereocenters. The van der Waals surface area contributed by atoms with Gasteiger partial charge in [-0.3, -0.25) is 4.79 Å². The minimum absolute atomic E-state index is 0. The minimum Gasteiger partial charge on any atom is -0.495 e. The van der Waals surface area contributed by atoms with Gasteiger partial charge < -0.3 is 20.7 Å². The average Bonchev–Trinajstić information content (AvgIpc) is 2.55. The van der Waals surface area contributed by atoms with Crippen molar-refractivity contribution < 1.29 is 9.53 Å². The average molecular weight is 413 g/mol. The Hall–Kier alpha value is -0.880. The predicted molar refractivity (Wildman–Crippen MR) is 109 cm³/mol. The first-order valence-electron chi connectivity index (χ1n) is 8.15. The van der Waals surface area contributed by atoms with Crippen LogP contribution in [0.15, 0.2) is 18.2 Å². The van der Waals surface area contributed by atoms with Gasteiger partial charge in [0.2, 0.25) is 5.91 Å². The lowest BCUT2D eigenvalue weighted by Gasteiger charge is -2.38. The number of nitrogens with one attached hydrogen (secondary N) is 1. The molecule has 1 aromatic rings. The molecule has 0 aliphatic carbocycles. The number of methoxy groups -OCH3 is 1. The van der Waals surface area contributed by atoms with Crippen LogP contribution in [0.5, 0.6) is 5.75 Å². The van der Waals surface area contributed by atoms with Crippen molar-refractivity contribution >= 4 is 48.0 Å². The maximum absolute atomic E-state index is 12.5. The van der Waals surface area contributed by atoms with Gasteiger partial charge in [0.1, 0.15) is 5.75 Å². The fraction of sp³-hybridized carbons (Fsp3) is 0.588. The second kappa shape index (κ2) is 11.7. The molecule has 0 aromatic heterocycles. The topological polar surface area (TPSA) is 67.6 Å². The first kappa shape index (κ1) is 24.1. The van der Waals surface area contributed by atoms with E-state index >= 15 is 0 Å². The fourth-order valence-corrected chi connectivity index (χ4v) is 3.25. The van der Waals surface area contributed by atoms with Crippen molar-refractivity contribution in [2.75, 3.05) is 25.5 Å². The van der Waals surface area contributed by atoms with E-state index in [0.29, 0.717) is 23.7 Å². The van der Waals surface area contributed by atoms with E-state index in [1.807, 2.05) is 17.9 Å². The second-order valence-corrected chi connectivity index (χ2v) is 6.47. The molecule has 1 fully saturated rings. The van der Waals surface area contributed by atoms with Crippen molar-refractivity contribution in [3.8, 4) is 5.75 Å². The summed E-state index contributed by atoms with van der Waals surface area (Å²) in [5.41, 5.74) is 6.83. The highest BCUT2D eigenvalue weighted by molar-refractivity contribution is 6.30. The van der Waals surface area contributed by atoms with Crippen LogP contribution in [-0.2, 0) is 4.79 Å². The van der Waals surface area contributed by atoms with E-state index in [9.17, 15) is 4.79 Å². The number of anilines is 1. The van der Waals surface area contributed by atoms with Crippen LogP contribution in [0.4, 0.5) is 5.69 Å². The van der Waals surface area contributed by atoms with Crippen LogP contribution in [0.3, 0.4) is 0 Å². The van der Waals surface area contributed by atoms with Crippen LogP contribution in [0.2, 0.25) is 5.02 Å². The number of nitrogens with two attached hydrogens (primary N) is 1. The van der Waals surface area contributed by atoms with Crippen molar-refractivity contribution in [2.45, 2.75) is 44.7 Å². The molecule has 0 bridgehead atoms. The normalized spacial score (nSPS) is 17.8. The van der Waals surface area contributed by atoms with E-state index in [2.05, 4.69) is 5.32 Å². The summed E-state index contributed by atoms with van der Waals surface area (Å²) in [6, 6.07) is 5.56. The lowest BCUT2D eigenvalue weighted by atomic mass is 9.96. The maximum Gasteiger partial charge on any atom is 0.224 e. The van der Waals surface area contributed by atoms with Gasteiger partial charge in [0.15, 0.2) is 0 Å². The van der Waals surface area contributed by atoms with Gasteiger partial charge in [-0.15, -0.1) is 24.8 Å². The number of hydrogen-bond acceptors (Lipinski definition) is 4. The number of hydrogen-bond donors (Lipinski definition) is 2. The molecule has 2 atom stereocenters. The number of likely N-dealkylation sites (tertiary alicyclic amines) is 1. The number of amides is 1. The number of nitrogens with zero attached hydrogens (tertiary/aromatic N) is 1. The van der Waals surface area contributed by atoms with Crippen LogP contribution in [-0.4, -0.2) is 43.1 Å². The monoisotopic (exact) mass is 411 g/mol. The van der Waals surface area contributed by atoms with E-state index in [4.69, 9.17) is 22.1 Å². The highest BCUT2D eigenvalue weighted by Crippen LogP contribution is 2.27. The Balaban J connectivity index is 0.00000288. The Morgan fingerprint density at radius 2 is 2.16 bits per heavy atom. The Kier molecular flexibility index (Phi) is 11.3.